The molecule has 0 aromatic heterocycles. The Morgan fingerprint density at radius 2 is 0.733 bits per heavy atom. The van der Waals surface area contributed by atoms with Gasteiger partial charge < -0.3 is 0 Å². The molecule has 2 heteroatoms. The van der Waals surface area contributed by atoms with Crippen LogP contribution in [0.15, 0.2) is 0 Å². The topological polar surface area (TPSA) is 6.48 Å². The van der Waals surface area contributed by atoms with Gasteiger partial charge in [-0.2, -0.15) is 0 Å². The van der Waals surface area contributed by atoms with Gasteiger partial charge in [-0.3, -0.25) is 9.80 Å². The molecule has 0 amide bonds. The molecule has 0 fully saturated rings. The highest BCUT2D eigenvalue weighted by Gasteiger charge is 2.21. The summed E-state index contributed by atoms with van der Waals surface area (Å²) in [5, 5.41) is 0. The van der Waals surface area contributed by atoms with E-state index in [4.69, 9.17) is 0 Å². The van der Waals surface area contributed by atoms with E-state index in [9.17, 15) is 0 Å². The fraction of sp³-hybridized carbons (Fsp3) is 0.923. The highest BCUT2D eigenvalue weighted by molar-refractivity contribution is 4.81. The minimum absolute atomic E-state index is 0.560. The van der Waals surface area contributed by atoms with E-state index in [1.54, 1.807) is 0 Å². The molecule has 0 saturated heterocycles. The third-order valence-electron chi connectivity index (χ3n) is 2.65. The van der Waals surface area contributed by atoms with E-state index in [2.05, 4.69) is 71.9 Å². The largest absolute Gasteiger partial charge is 0.281 e. The van der Waals surface area contributed by atoms with Crippen LogP contribution in [0.4, 0.5) is 0 Å². The second kappa shape index (κ2) is 6.49. The first-order valence-corrected chi connectivity index (χ1v) is 6.17. The van der Waals surface area contributed by atoms with Gasteiger partial charge in [-0.25, -0.2) is 0 Å². The smallest absolute Gasteiger partial charge is 0.0930 e. The quantitative estimate of drug-likeness (QED) is 0.667. The van der Waals surface area contributed by atoms with Crippen molar-refractivity contribution in [2.75, 3.05) is 0 Å². The van der Waals surface area contributed by atoms with Crippen molar-refractivity contribution in [2.24, 2.45) is 0 Å². The Kier molecular flexibility index (Phi) is 6.46. The maximum Gasteiger partial charge on any atom is 0.0930 e. The average Bonchev–Trinajstić information content (AvgIpc) is 2.01. The molecule has 0 rings (SSSR count). The lowest BCUT2D eigenvalue weighted by atomic mass is 10.2. The van der Waals surface area contributed by atoms with Crippen molar-refractivity contribution in [1.82, 2.24) is 9.80 Å². The monoisotopic (exact) mass is 213 g/mol. The predicted octanol–water partition coefficient (Wildman–Crippen LogP) is 3.34. The molecule has 91 valence electrons. The maximum atomic E-state index is 2.42. The van der Waals surface area contributed by atoms with E-state index in [-0.39, 0.29) is 0 Å². The summed E-state index contributed by atoms with van der Waals surface area (Å²) in [6.45, 7) is 20.3. The summed E-state index contributed by atoms with van der Waals surface area (Å²) in [6, 6.07) is 2.24. The molecular formula is C13H29N2. The van der Waals surface area contributed by atoms with Crippen LogP contribution in [0.25, 0.3) is 0 Å². The zero-order valence-corrected chi connectivity index (χ0v) is 11.8. The third-order valence-corrected chi connectivity index (χ3v) is 2.65. The van der Waals surface area contributed by atoms with Gasteiger partial charge in [0.2, 0.25) is 0 Å². The fourth-order valence-electron chi connectivity index (χ4n) is 1.88. The lowest BCUT2D eigenvalue weighted by molar-refractivity contribution is 0.0969. The first-order chi connectivity index (χ1) is 6.77. The summed E-state index contributed by atoms with van der Waals surface area (Å²) in [7, 11) is 0. The van der Waals surface area contributed by atoms with Gasteiger partial charge in [0, 0.05) is 24.2 Å². The van der Waals surface area contributed by atoms with Crippen LogP contribution >= 0.6 is 0 Å². The first kappa shape index (κ1) is 14.9. The van der Waals surface area contributed by atoms with Gasteiger partial charge in [0.05, 0.1) is 6.67 Å². The molecule has 0 saturated carbocycles. The zero-order chi connectivity index (χ0) is 12.2. The number of hydrogen-bond donors (Lipinski definition) is 0. The van der Waals surface area contributed by atoms with Gasteiger partial charge in [0.1, 0.15) is 0 Å². The molecule has 0 aliphatic rings. The molecule has 15 heavy (non-hydrogen) atoms. The van der Waals surface area contributed by atoms with E-state index in [1.165, 1.54) is 0 Å². The van der Waals surface area contributed by atoms with Crippen LogP contribution < -0.4 is 0 Å². The third kappa shape index (κ3) is 4.98. The number of hydrogen-bond acceptors (Lipinski definition) is 2. The van der Waals surface area contributed by atoms with E-state index in [0.717, 1.165) is 0 Å². The van der Waals surface area contributed by atoms with Crippen molar-refractivity contribution < 1.29 is 0 Å². The summed E-state index contributed by atoms with van der Waals surface area (Å²) < 4.78 is 0. The standard InChI is InChI=1S/C13H29N2/c1-10(2)14(11(3)4)9-15(12(5)6)13(7)8/h9-13H,1-8H3. The Bertz CT molecular complexity index is 128. The van der Waals surface area contributed by atoms with Crippen LogP contribution in [-0.4, -0.2) is 34.0 Å². The van der Waals surface area contributed by atoms with E-state index < -0.39 is 0 Å². The van der Waals surface area contributed by atoms with Crippen molar-refractivity contribution in [1.29, 1.82) is 0 Å². The van der Waals surface area contributed by atoms with E-state index in [0.29, 0.717) is 24.2 Å². The second-order valence-corrected chi connectivity index (χ2v) is 5.38. The first-order valence-electron chi connectivity index (χ1n) is 6.17. The Labute approximate surface area is 96.6 Å². The molecule has 2 nitrogen and oxygen atoms in total. The van der Waals surface area contributed by atoms with E-state index >= 15 is 0 Å². The van der Waals surface area contributed by atoms with Crippen LogP contribution in [0, 0.1) is 6.67 Å². The molecule has 0 aromatic rings. The summed E-state index contributed by atoms with van der Waals surface area (Å²) in [5.74, 6) is 0. The van der Waals surface area contributed by atoms with Crippen molar-refractivity contribution in [2.45, 2.75) is 79.6 Å². The highest BCUT2D eigenvalue weighted by Crippen LogP contribution is 2.15. The zero-order valence-electron chi connectivity index (χ0n) is 11.8. The second-order valence-electron chi connectivity index (χ2n) is 5.38. The van der Waals surface area contributed by atoms with Crippen LogP contribution in [-0.2, 0) is 0 Å². The van der Waals surface area contributed by atoms with Crippen molar-refractivity contribution >= 4 is 0 Å². The normalized spacial score (nSPS) is 13.2. The molecule has 0 aromatic carbocycles. The van der Waals surface area contributed by atoms with Gasteiger partial charge >= 0.3 is 0 Å². The lowest BCUT2D eigenvalue weighted by Crippen LogP contribution is -2.45. The molecule has 0 heterocycles. The fourth-order valence-corrected chi connectivity index (χ4v) is 1.88. The molecule has 0 unspecified atom stereocenters. The highest BCUT2D eigenvalue weighted by atomic mass is 15.3. The summed E-state index contributed by atoms with van der Waals surface area (Å²) in [6.07, 6.45) is 0. The molecule has 1 radical (unpaired) electrons. The number of rotatable bonds is 6. The van der Waals surface area contributed by atoms with E-state index in [1.807, 2.05) is 0 Å². The molecule has 0 aliphatic carbocycles. The van der Waals surface area contributed by atoms with Crippen LogP contribution in [0.1, 0.15) is 55.4 Å². The van der Waals surface area contributed by atoms with Crippen LogP contribution in [0.3, 0.4) is 0 Å². The Morgan fingerprint density at radius 3 is 0.867 bits per heavy atom. The minimum atomic E-state index is 0.560. The van der Waals surface area contributed by atoms with Gasteiger partial charge in [-0.05, 0) is 55.4 Å². The predicted molar refractivity (Wildman–Crippen MR) is 68.5 cm³/mol. The summed E-state index contributed by atoms with van der Waals surface area (Å²) in [5.41, 5.74) is 0. The molecule has 0 aliphatic heterocycles. The van der Waals surface area contributed by atoms with Gasteiger partial charge in [0.25, 0.3) is 0 Å². The summed E-state index contributed by atoms with van der Waals surface area (Å²) >= 11 is 0. The van der Waals surface area contributed by atoms with Crippen LogP contribution in [0.5, 0.6) is 0 Å². The molecule has 0 spiro atoms. The minimum Gasteiger partial charge on any atom is -0.281 e. The molecule has 0 N–H and O–H groups in total. The Balaban J connectivity index is 4.48. The van der Waals surface area contributed by atoms with Crippen molar-refractivity contribution in [3.63, 3.8) is 0 Å². The average molecular weight is 213 g/mol. The number of nitrogens with zero attached hydrogens (tertiary/aromatic N) is 2. The van der Waals surface area contributed by atoms with Gasteiger partial charge in [0.15, 0.2) is 0 Å². The maximum absolute atomic E-state index is 2.42. The van der Waals surface area contributed by atoms with Gasteiger partial charge in [-0.1, -0.05) is 0 Å². The summed E-state index contributed by atoms with van der Waals surface area (Å²) in [4.78, 5) is 4.83. The SMILES string of the molecule is CC(C)N([CH]N(C(C)C)C(C)C)C(C)C. The molecule has 0 atom stereocenters. The van der Waals surface area contributed by atoms with Crippen molar-refractivity contribution in [3.8, 4) is 0 Å². The Hall–Kier alpha value is -0.0800. The van der Waals surface area contributed by atoms with Crippen LogP contribution in [0.2, 0.25) is 0 Å². The van der Waals surface area contributed by atoms with Crippen molar-refractivity contribution in [3.05, 3.63) is 6.67 Å². The lowest BCUT2D eigenvalue weighted by Gasteiger charge is -2.39. The Morgan fingerprint density at radius 1 is 0.533 bits per heavy atom. The van der Waals surface area contributed by atoms with Gasteiger partial charge in [-0.15, -0.1) is 0 Å². The molecule has 0 bridgehead atoms. The molecular weight excluding hydrogens is 184 g/mol.